The molecule has 0 unspecified atom stereocenters. The second kappa shape index (κ2) is 3.25. The Labute approximate surface area is 69.2 Å². The predicted molar refractivity (Wildman–Crippen MR) is 38.0 cm³/mol. The minimum Gasteiger partial charge on any atom is -0.394 e. The summed E-state index contributed by atoms with van der Waals surface area (Å²) in [7, 11) is 0. The Morgan fingerprint density at radius 1 is 1.50 bits per heavy atom. The molecule has 4 atom stereocenters. The van der Waals surface area contributed by atoms with Gasteiger partial charge in [-0.1, -0.05) is 0 Å². The van der Waals surface area contributed by atoms with Gasteiger partial charge in [0.2, 0.25) is 0 Å². The SMILES string of the molecule is N[C@@]1(O)CO[C@H](CO)[C@@H](O)[C@@H]1O. The van der Waals surface area contributed by atoms with Crippen molar-refractivity contribution in [2.45, 2.75) is 24.0 Å². The van der Waals surface area contributed by atoms with Crippen molar-refractivity contribution in [3.8, 4) is 0 Å². The summed E-state index contributed by atoms with van der Waals surface area (Å²) in [6.07, 6.45) is -3.74. The molecule has 1 aliphatic heterocycles. The topological polar surface area (TPSA) is 116 Å². The van der Waals surface area contributed by atoms with Gasteiger partial charge in [-0.2, -0.15) is 0 Å². The van der Waals surface area contributed by atoms with E-state index in [0.717, 1.165) is 0 Å². The first-order chi connectivity index (χ1) is 5.49. The number of aliphatic hydroxyl groups is 4. The number of rotatable bonds is 1. The average molecular weight is 179 g/mol. The molecule has 6 heteroatoms. The first-order valence-electron chi connectivity index (χ1n) is 3.59. The van der Waals surface area contributed by atoms with E-state index in [-0.39, 0.29) is 6.61 Å². The molecule has 72 valence electrons. The minimum atomic E-state index is -1.94. The van der Waals surface area contributed by atoms with Crippen LogP contribution in [0, 0.1) is 0 Å². The van der Waals surface area contributed by atoms with E-state index in [2.05, 4.69) is 0 Å². The van der Waals surface area contributed by atoms with E-state index in [9.17, 15) is 15.3 Å². The molecular formula is C6H13NO5. The third-order valence-electron chi connectivity index (χ3n) is 1.93. The summed E-state index contributed by atoms with van der Waals surface area (Å²) in [4.78, 5) is 0. The van der Waals surface area contributed by atoms with E-state index in [4.69, 9.17) is 15.6 Å². The molecule has 1 aliphatic rings. The third-order valence-corrected chi connectivity index (χ3v) is 1.93. The Hall–Kier alpha value is -0.240. The summed E-state index contributed by atoms with van der Waals surface area (Å²) in [5.74, 6) is 0. The standard InChI is InChI=1S/C6H13NO5/c7-6(11)2-12-3(1-8)4(9)5(6)10/h3-5,8-11H,1-2,7H2/t3-,4-,5+,6-/m1/s1. The molecule has 0 saturated carbocycles. The molecule has 0 amide bonds. The molecule has 0 spiro atoms. The fourth-order valence-electron chi connectivity index (χ4n) is 1.08. The lowest BCUT2D eigenvalue weighted by molar-refractivity contribution is -0.237. The quantitative estimate of drug-likeness (QED) is 0.270. The van der Waals surface area contributed by atoms with E-state index < -0.39 is 30.6 Å². The Morgan fingerprint density at radius 3 is 2.58 bits per heavy atom. The van der Waals surface area contributed by atoms with Gasteiger partial charge in [-0.25, -0.2) is 0 Å². The zero-order valence-electron chi connectivity index (χ0n) is 6.42. The highest BCUT2D eigenvalue weighted by molar-refractivity contribution is 4.93. The van der Waals surface area contributed by atoms with Crippen LogP contribution in [0.2, 0.25) is 0 Å². The van der Waals surface area contributed by atoms with Gasteiger partial charge in [0.05, 0.1) is 13.2 Å². The van der Waals surface area contributed by atoms with Crippen LogP contribution in [0.3, 0.4) is 0 Å². The second-order valence-electron chi connectivity index (χ2n) is 2.96. The monoisotopic (exact) mass is 179 g/mol. The number of nitrogens with two attached hydrogens (primary N) is 1. The van der Waals surface area contributed by atoms with Gasteiger partial charge in [-0.15, -0.1) is 0 Å². The van der Waals surface area contributed by atoms with Gasteiger partial charge in [-0.05, 0) is 0 Å². The van der Waals surface area contributed by atoms with Crippen molar-refractivity contribution in [2.75, 3.05) is 13.2 Å². The Kier molecular flexibility index (Phi) is 2.67. The lowest BCUT2D eigenvalue weighted by atomic mass is 9.96. The first kappa shape index (κ1) is 9.85. The van der Waals surface area contributed by atoms with Gasteiger partial charge in [0.1, 0.15) is 18.3 Å². The molecule has 1 fully saturated rings. The van der Waals surface area contributed by atoms with E-state index in [1.807, 2.05) is 0 Å². The number of hydrogen-bond donors (Lipinski definition) is 5. The molecular weight excluding hydrogens is 166 g/mol. The van der Waals surface area contributed by atoms with Gasteiger partial charge in [0.25, 0.3) is 0 Å². The fourth-order valence-corrected chi connectivity index (χ4v) is 1.08. The maximum Gasteiger partial charge on any atom is 0.165 e. The third kappa shape index (κ3) is 1.58. The highest BCUT2D eigenvalue weighted by Gasteiger charge is 2.45. The maximum atomic E-state index is 9.20. The minimum absolute atomic E-state index is 0.309. The Balaban J connectivity index is 2.65. The zero-order chi connectivity index (χ0) is 9.35. The zero-order valence-corrected chi connectivity index (χ0v) is 6.42. The maximum absolute atomic E-state index is 9.20. The highest BCUT2D eigenvalue weighted by Crippen LogP contribution is 2.19. The fraction of sp³-hybridized carbons (Fsp3) is 1.00. The van der Waals surface area contributed by atoms with Gasteiger partial charge in [0, 0.05) is 0 Å². The van der Waals surface area contributed by atoms with Crippen molar-refractivity contribution in [1.29, 1.82) is 0 Å². The molecule has 0 radical (unpaired) electrons. The van der Waals surface area contributed by atoms with Gasteiger partial charge in [0.15, 0.2) is 5.72 Å². The van der Waals surface area contributed by atoms with Crippen LogP contribution < -0.4 is 5.73 Å². The molecule has 0 aromatic carbocycles. The van der Waals surface area contributed by atoms with Crippen LogP contribution in [0.25, 0.3) is 0 Å². The lowest BCUT2D eigenvalue weighted by Crippen LogP contribution is -2.66. The summed E-state index contributed by atoms with van der Waals surface area (Å²) in [5, 5.41) is 36.2. The molecule has 0 aromatic heterocycles. The van der Waals surface area contributed by atoms with Crippen LogP contribution in [0.5, 0.6) is 0 Å². The van der Waals surface area contributed by atoms with Crippen molar-refractivity contribution in [3.05, 3.63) is 0 Å². The highest BCUT2D eigenvalue weighted by atomic mass is 16.5. The second-order valence-corrected chi connectivity index (χ2v) is 2.96. The molecule has 0 bridgehead atoms. The largest absolute Gasteiger partial charge is 0.394 e. The molecule has 6 nitrogen and oxygen atoms in total. The number of aliphatic hydroxyl groups excluding tert-OH is 3. The molecule has 1 heterocycles. The van der Waals surface area contributed by atoms with Crippen LogP contribution >= 0.6 is 0 Å². The van der Waals surface area contributed by atoms with E-state index in [1.54, 1.807) is 0 Å². The predicted octanol–water partition coefficient (Wildman–Crippen LogP) is -3.25. The van der Waals surface area contributed by atoms with Crippen molar-refractivity contribution in [1.82, 2.24) is 0 Å². The smallest absolute Gasteiger partial charge is 0.165 e. The molecule has 0 aromatic rings. The molecule has 6 N–H and O–H groups in total. The van der Waals surface area contributed by atoms with Crippen molar-refractivity contribution in [2.24, 2.45) is 5.73 Å². The van der Waals surface area contributed by atoms with Crippen molar-refractivity contribution in [3.63, 3.8) is 0 Å². The summed E-state index contributed by atoms with van der Waals surface area (Å²) in [5.41, 5.74) is 3.23. The van der Waals surface area contributed by atoms with Crippen LogP contribution in [0.15, 0.2) is 0 Å². The number of ether oxygens (including phenoxy) is 1. The van der Waals surface area contributed by atoms with Crippen molar-refractivity contribution >= 4 is 0 Å². The van der Waals surface area contributed by atoms with Gasteiger partial charge >= 0.3 is 0 Å². The van der Waals surface area contributed by atoms with Crippen LogP contribution in [-0.2, 0) is 4.74 Å². The summed E-state index contributed by atoms with van der Waals surface area (Å²) in [6, 6.07) is 0. The summed E-state index contributed by atoms with van der Waals surface area (Å²) < 4.78 is 4.79. The molecule has 1 rings (SSSR count). The lowest BCUT2D eigenvalue weighted by Gasteiger charge is -2.40. The normalized spacial score (nSPS) is 49.2. The van der Waals surface area contributed by atoms with Crippen LogP contribution in [0.4, 0.5) is 0 Å². The summed E-state index contributed by atoms with van der Waals surface area (Å²) in [6.45, 7) is -0.731. The first-order valence-corrected chi connectivity index (χ1v) is 3.59. The summed E-state index contributed by atoms with van der Waals surface area (Å²) >= 11 is 0. The van der Waals surface area contributed by atoms with E-state index in [0.29, 0.717) is 0 Å². The van der Waals surface area contributed by atoms with Gasteiger partial charge in [-0.3, -0.25) is 5.73 Å². The molecule has 1 saturated heterocycles. The molecule has 12 heavy (non-hydrogen) atoms. The Morgan fingerprint density at radius 2 is 2.08 bits per heavy atom. The number of hydrogen-bond acceptors (Lipinski definition) is 6. The molecule has 0 aliphatic carbocycles. The van der Waals surface area contributed by atoms with E-state index >= 15 is 0 Å². The van der Waals surface area contributed by atoms with Crippen LogP contribution in [0.1, 0.15) is 0 Å². The van der Waals surface area contributed by atoms with Crippen molar-refractivity contribution < 1.29 is 25.2 Å². The van der Waals surface area contributed by atoms with Gasteiger partial charge < -0.3 is 25.2 Å². The van der Waals surface area contributed by atoms with Crippen LogP contribution in [-0.4, -0.2) is 57.7 Å². The van der Waals surface area contributed by atoms with E-state index in [1.165, 1.54) is 0 Å². The average Bonchev–Trinajstić information content (AvgIpc) is 2.01. The Bertz CT molecular complexity index is 162.